The maximum absolute atomic E-state index is 12.3. The number of methoxy groups -OCH3 is 1. The van der Waals surface area contributed by atoms with Crippen LogP contribution in [0.4, 0.5) is 5.69 Å². The smallest absolute Gasteiger partial charge is 0.256 e. The largest absolute Gasteiger partial charge is 0.495 e. The van der Waals surface area contributed by atoms with Crippen LogP contribution in [0.25, 0.3) is 0 Å². The summed E-state index contributed by atoms with van der Waals surface area (Å²) in [7, 11) is 1.55. The highest BCUT2D eigenvalue weighted by Gasteiger charge is 2.27. The van der Waals surface area contributed by atoms with Crippen molar-refractivity contribution in [1.82, 2.24) is 4.90 Å². The molecular weight excluding hydrogens is 216 g/mol. The van der Waals surface area contributed by atoms with E-state index in [-0.39, 0.29) is 5.91 Å². The van der Waals surface area contributed by atoms with Gasteiger partial charge in [-0.3, -0.25) is 4.79 Å². The highest BCUT2D eigenvalue weighted by Crippen LogP contribution is 2.28. The molecule has 2 rings (SSSR count). The van der Waals surface area contributed by atoms with Gasteiger partial charge >= 0.3 is 0 Å². The Morgan fingerprint density at radius 2 is 2.29 bits per heavy atom. The summed E-state index contributed by atoms with van der Waals surface area (Å²) in [5, 5.41) is 0. The van der Waals surface area contributed by atoms with E-state index in [0.717, 1.165) is 19.4 Å². The highest BCUT2D eigenvalue weighted by atomic mass is 16.5. The average molecular weight is 234 g/mol. The summed E-state index contributed by atoms with van der Waals surface area (Å²) in [6, 6.07) is 5.61. The number of amides is 1. The maximum Gasteiger partial charge on any atom is 0.256 e. The van der Waals surface area contributed by atoms with E-state index in [4.69, 9.17) is 10.5 Å². The Morgan fingerprint density at radius 1 is 1.53 bits per heavy atom. The zero-order valence-corrected chi connectivity index (χ0v) is 10.3. The molecular formula is C13H18N2O2. The fourth-order valence-electron chi connectivity index (χ4n) is 2.30. The van der Waals surface area contributed by atoms with Crippen molar-refractivity contribution in [1.29, 1.82) is 0 Å². The van der Waals surface area contributed by atoms with Gasteiger partial charge in [-0.05, 0) is 31.9 Å². The summed E-state index contributed by atoms with van der Waals surface area (Å²) in [6.07, 6.45) is 2.13. The molecule has 0 bridgehead atoms. The van der Waals surface area contributed by atoms with Gasteiger partial charge in [0.2, 0.25) is 0 Å². The molecule has 1 fully saturated rings. The van der Waals surface area contributed by atoms with Gasteiger partial charge in [0.1, 0.15) is 5.75 Å². The van der Waals surface area contributed by atoms with Crippen molar-refractivity contribution >= 4 is 11.6 Å². The van der Waals surface area contributed by atoms with Crippen molar-refractivity contribution in [2.45, 2.75) is 25.8 Å². The van der Waals surface area contributed by atoms with E-state index in [9.17, 15) is 4.79 Å². The van der Waals surface area contributed by atoms with Crippen molar-refractivity contribution in [2.75, 3.05) is 19.4 Å². The third-order valence-corrected chi connectivity index (χ3v) is 3.33. The molecule has 0 aromatic heterocycles. The number of carbonyl (C=O) groups excluding carboxylic acids is 1. The number of nitrogens with two attached hydrogens (primary N) is 1. The first kappa shape index (κ1) is 11.8. The van der Waals surface area contributed by atoms with Gasteiger partial charge in [-0.2, -0.15) is 0 Å². The Labute approximate surface area is 101 Å². The Bertz CT molecular complexity index is 431. The summed E-state index contributed by atoms with van der Waals surface area (Å²) in [6.45, 7) is 2.89. The molecule has 1 amide bonds. The molecule has 1 heterocycles. The monoisotopic (exact) mass is 234 g/mol. The van der Waals surface area contributed by atoms with E-state index in [1.54, 1.807) is 25.3 Å². The molecule has 17 heavy (non-hydrogen) atoms. The number of nitrogen functional groups attached to an aromatic ring is 1. The predicted octanol–water partition coefficient (Wildman–Crippen LogP) is 1.90. The van der Waals surface area contributed by atoms with Gasteiger partial charge in [0.15, 0.2) is 0 Å². The molecule has 0 radical (unpaired) electrons. The maximum atomic E-state index is 12.3. The second-order valence-electron chi connectivity index (χ2n) is 4.41. The van der Waals surface area contributed by atoms with E-state index < -0.39 is 0 Å². The SMILES string of the molecule is COc1cccc(C(=O)N2CCCC2C)c1N. The molecule has 1 atom stereocenters. The first-order chi connectivity index (χ1) is 8.15. The number of hydrogen-bond acceptors (Lipinski definition) is 3. The number of anilines is 1. The lowest BCUT2D eigenvalue weighted by Gasteiger charge is -2.22. The lowest BCUT2D eigenvalue weighted by molar-refractivity contribution is 0.0748. The van der Waals surface area contributed by atoms with E-state index in [0.29, 0.717) is 23.0 Å². The molecule has 0 aliphatic carbocycles. The van der Waals surface area contributed by atoms with Gasteiger partial charge in [-0.15, -0.1) is 0 Å². The van der Waals surface area contributed by atoms with Crippen LogP contribution >= 0.6 is 0 Å². The fourth-order valence-corrected chi connectivity index (χ4v) is 2.30. The molecule has 1 aliphatic heterocycles. The number of para-hydroxylation sites is 1. The van der Waals surface area contributed by atoms with Gasteiger partial charge in [0.05, 0.1) is 18.4 Å². The minimum absolute atomic E-state index is 0.00593. The lowest BCUT2D eigenvalue weighted by atomic mass is 10.1. The quantitative estimate of drug-likeness (QED) is 0.795. The van der Waals surface area contributed by atoms with Crippen LogP contribution in [0.15, 0.2) is 18.2 Å². The van der Waals surface area contributed by atoms with Crippen LogP contribution in [-0.2, 0) is 0 Å². The predicted molar refractivity (Wildman–Crippen MR) is 67.1 cm³/mol. The number of rotatable bonds is 2. The van der Waals surface area contributed by atoms with Crippen molar-refractivity contribution < 1.29 is 9.53 Å². The molecule has 1 aromatic carbocycles. The second kappa shape index (κ2) is 4.65. The van der Waals surface area contributed by atoms with Gasteiger partial charge in [-0.25, -0.2) is 0 Å². The van der Waals surface area contributed by atoms with Crippen LogP contribution in [0, 0.1) is 0 Å². The zero-order chi connectivity index (χ0) is 12.4. The number of ether oxygens (including phenoxy) is 1. The fraction of sp³-hybridized carbons (Fsp3) is 0.462. The zero-order valence-electron chi connectivity index (χ0n) is 10.3. The molecule has 92 valence electrons. The van der Waals surface area contributed by atoms with Gasteiger partial charge in [0, 0.05) is 12.6 Å². The Balaban J connectivity index is 2.30. The van der Waals surface area contributed by atoms with E-state index in [1.807, 2.05) is 4.90 Å². The summed E-state index contributed by atoms with van der Waals surface area (Å²) in [5.41, 5.74) is 6.90. The van der Waals surface area contributed by atoms with Gasteiger partial charge in [-0.1, -0.05) is 6.07 Å². The number of nitrogens with zero attached hydrogens (tertiary/aromatic N) is 1. The van der Waals surface area contributed by atoms with Crippen LogP contribution in [-0.4, -0.2) is 30.5 Å². The Kier molecular flexibility index (Phi) is 3.22. The normalized spacial score (nSPS) is 19.4. The Morgan fingerprint density at radius 3 is 2.88 bits per heavy atom. The molecule has 1 saturated heterocycles. The van der Waals surface area contributed by atoms with Crippen molar-refractivity contribution in [3.8, 4) is 5.75 Å². The minimum Gasteiger partial charge on any atom is -0.495 e. The number of carbonyl (C=O) groups is 1. The molecule has 2 N–H and O–H groups in total. The van der Waals surface area contributed by atoms with Crippen LogP contribution in [0.5, 0.6) is 5.75 Å². The number of hydrogen-bond donors (Lipinski definition) is 1. The molecule has 1 unspecified atom stereocenters. The molecule has 0 spiro atoms. The number of benzene rings is 1. The standard InChI is InChI=1S/C13H18N2O2/c1-9-5-4-8-15(9)13(16)10-6-3-7-11(17-2)12(10)14/h3,6-7,9H,4-5,8,14H2,1-2H3. The third-order valence-electron chi connectivity index (χ3n) is 3.33. The molecule has 1 aromatic rings. The highest BCUT2D eigenvalue weighted by molar-refractivity contribution is 6.00. The van der Waals surface area contributed by atoms with Crippen LogP contribution in [0.3, 0.4) is 0 Å². The van der Waals surface area contributed by atoms with Gasteiger partial charge in [0.25, 0.3) is 5.91 Å². The van der Waals surface area contributed by atoms with Crippen molar-refractivity contribution in [3.63, 3.8) is 0 Å². The van der Waals surface area contributed by atoms with Crippen molar-refractivity contribution in [3.05, 3.63) is 23.8 Å². The van der Waals surface area contributed by atoms with E-state index in [2.05, 4.69) is 6.92 Å². The van der Waals surface area contributed by atoms with Gasteiger partial charge < -0.3 is 15.4 Å². The summed E-state index contributed by atoms with van der Waals surface area (Å²) >= 11 is 0. The first-order valence-corrected chi connectivity index (χ1v) is 5.88. The van der Waals surface area contributed by atoms with E-state index in [1.165, 1.54) is 0 Å². The second-order valence-corrected chi connectivity index (χ2v) is 4.41. The molecule has 1 aliphatic rings. The summed E-state index contributed by atoms with van der Waals surface area (Å²) in [5.74, 6) is 0.564. The van der Waals surface area contributed by atoms with Crippen LogP contribution in [0.1, 0.15) is 30.1 Å². The topological polar surface area (TPSA) is 55.6 Å². The molecule has 4 heteroatoms. The lowest BCUT2D eigenvalue weighted by Crippen LogP contribution is -2.34. The Hall–Kier alpha value is -1.71. The average Bonchev–Trinajstić information content (AvgIpc) is 2.75. The number of likely N-dealkylation sites (tertiary alicyclic amines) is 1. The van der Waals surface area contributed by atoms with Crippen molar-refractivity contribution in [2.24, 2.45) is 0 Å². The molecule has 4 nitrogen and oxygen atoms in total. The summed E-state index contributed by atoms with van der Waals surface area (Å²) in [4.78, 5) is 14.2. The molecule has 0 saturated carbocycles. The summed E-state index contributed by atoms with van der Waals surface area (Å²) < 4.78 is 5.13. The minimum atomic E-state index is 0.00593. The third kappa shape index (κ3) is 2.07. The van der Waals surface area contributed by atoms with Crippen LogP contribution < -0.4 is 10.5 Å². The van der Waals surface area contributed by atoms with E-state index >= 15 is 0 Å². The van der Waals surface area contributed by atoms with Crippen LogP contribution in [0.2, 0.25) is 0 Å². The first-order valence-electron chi connectivity index (χ1n) is 5.88.